The van der Waals surface area contributed by atoms with E-state index >= 15 is 0 Å². The van der Waals surface area contributed by atoms with Crippen molar-refractivity contribution in [1.82, 2.24) is 4.57 Å². The largest absolute Gasteiger partial charge is 0.488 e. The SMILES string of the molecule is CCCOc1cccn(CC(=O)c2ccc(F)c(C)c2)c1=O. The Hall–Kier alpha value is -2.43. The Morgan fingerprint density at radius 2 is 2.09 bits per heavy atom. The van der Waals surface area contributed by atoms with Gasteiger partial charge in [0.15, 0.2) is 11.5 Å². The number of benzene rings is 1. The van der Waals surface area contributed by atoms with E-state index in [1.165, 1.54) is 29.0 Å². The number of hydrogen-bond donors (Lipinski definition) is 0. The Bertz CT molecular complexity index is 737. The van der Waals surface area contributed by atoms with Gasteiger partial charge in [-0.25, -0.2) is 4.39 Å². The van der Waals surface area contributed by atoms with Crippen LogP contribution in [0.2, 0.25) is 0 Å². The topological polar surface area (TPSA) is 48.3 Å². The number of rotatable bonds is 6. The van der Waals surface area contributed by atoms with Crippen LogP contribution < -0.4 is 10.3 Å². The summed E-state index contributed by atoms with van der Waals surface area (Å²) >= 11 is 0. The molecule has 0 unspecified atom stereocenters. The van der Waals surface area contributed by atoms with E-state index in [4.69, 9.17) is 4.74 Å². The summed E-state index contributed by atoms with van der Waals surface area (Å²) in [6.45, 7) is 3.89. The van der Waals surface area contributed by atoms with E-state index in [1.807, 2.05) is 6.92 Å². The summed E-state index contributed by atoms with van der Waals surface area (Å²) < 4.78 is 19.9. The van der Waals surface area contributed by atoms with Gasteiger partial charge in [0.1, 0.15) is 5.82 Å². The lowest BCUT2D eigenvalue weighted by atomic mass is 10.1. The summed E-state index contributed by atoms with van der Waals surface area (Å²) in [4.78, 5) is 24.4. The van der Waals surface area contributed by atoms with E-state index in [2.05, 4.69) is 0 Å². The van der Waals surface area contributed by atoms with Crippen LogP contribution in [0.5, 0.6) is 5.75 Å². The zero-order valence-corrected chi connectivity index (χ0v) is 12.6. The van der Waals surface area contributed by atoms with Gasteiger partial charge in [-0.2, -0.15) is 0 Å². The number of ether oxygens (including phenoxy) is 1. The lowest BCUT2D eigenvalue weighted by Gasteiger charge is -2.09. The van der Waals surface area contributed by atoms with Gasteiger partial charge in [0.2, 0.25) is 0 Å². The fraction of sp³-hybridized carbons (Fsp3) is 0.294. The highest BCUT2D eigenvalue weighted by molar-refractivity contribution is 5.96. The molecule has 1 aromatic carbocycles. The van der Waals surface area contributed by atoms with Crippen LogP contribution in [0.1, 0.15) is 29.3 Å². The molecule has 0 fully saturated rings. The van der Waals surface area contributed by atoms with Crippen LogP contribution in [0.3, 0.4) is 0 Å². The summed E-state index contributed by atoms with van der Waals surface area (Å²) in [6.07, 6.45) is 2.33. The van der Waals surface area contributed by atoms with Crippen molar-refractivity contribution >= 4 is 5.78 Å². The average molecular weight is 303 g/mol. The lowest BCUT2D eigenvalue weighted by Crippen LogP contribution is -2.25. The van der Waals surface area contributed by atoms with Crippen molar-refractivity contribution in [2.45, 2.75) is 26.8 Å². The van der Waals surface area contributed by atoms with Crippen LogP contribution in [0.4, 0.5) is 4.39 Å². The van der Waals surface area contributed by atoms with Crippen LogP contribution in [-0.4, -0.2) is 17.0 Å². The maximum atomic E-state index is 13.2. The minimum Gasteiger partial charge on any atom is -0.488 e. The van der Waals surface area contributed by atoms with Gasteiger partial charge in [-0.05, 0) is 49.2 Å². The number of aryl methyl sites for hydroxylation is 1. The molecular formula is C17H18FNO3. The van der Waals surface area contributed by atoms with Crippen molar-refractivity contribution in [1.29, 1.82) is 0 Å². The van der Waals surface area contributed by atoms with Gasteiger partial charge >= 0.3 is 0 Å². The zero-order chi connectivity index (χ0) is 16.1. The van der Waals surface area contributed by atoms with E-state index in [9.17, 15) is 14.0 Å². The van der Waals surface area contributed by atoms with Crippen molar-refractivity contribution in [3.63, 3.8) is 0 Å². The molecule has 4 nitrogen and oxygen atoms in total. The number of ketones is 1. The van der Waals surface area contributed by atoms with Gasteiger partial charge in [0.25, 0.3) is 5.56 Å². The predicted octanol–water partition coefficient (Wildman–Crippen LogP) is 2.97. The van der Waals surface area contributed by atoms with Crippen LogP contribution in [0, 0.1) is 12.7 Å². The first-order chi connectivity index (χ1) is 10.5. The molecule has 2 aromatic rings. The van der Waals surface area contributed by atoms with Crippen molar-refractivity contribution < 1.29 is 13.9 Å². The minimum absolute atomic E-state index is 0.104. The highest BCUT2D eigenvalue weighted by Crippen LogP contribution is 2.11. The number of aromatic nitrogens is 1. The van der Waals surface area contributed by atoms with Gasteiger partial charge in [-0.1, -0.05) is 6.92 Å². The highest BCUT2D eigenvalue weighted by Gasteiger charge is 2.11. The molecule has 0 N–H and O–H groups in total. The van der Waals surface area contributed by atoms with Crippen molar-refractivity contribution in [3.8, 4) is 5.75 Å². The quantitative estimate of drug-likeness (QED) is 0.771. The second kappa shape index (κ2) is 7.02. The maximum absolute atomic E-state index is 13.2. The summed E-state index contributed by atoms with van der Waals surface area (Å²) in [5.41, 5.74) is 0.437. The molecular weight excluding hydrogens is 285 g/mol. The van der Waals surface area contributed by atoms with Crippen molar-refractivity contribution in [2.24, 2.45) is 0 Å². The molecule has 0 atom stereocenters. The third kappa shape index (κ3) is 3.61. The third-order valence-corrected chi connectivity index (χ3v) is 3.24. The molecule has 2 rings (SSSR count). The number of Topliss-reactive ketones (excluding diaryl/α,β-unsaturated/α-hetero) is 1. The average Bonchev–Trinajstić information content (AvgIpc) is 2.50. The molecule has 0 amide bonds. The Balaban J connectivity index is 2.21. The first kappa shape index (κ1) is 15.9. The molecule has 5 heteroatoms. The zero-order valence-electron chi connectivity index (χ0n) is 12.6. The molecule has 0 saturated carbocycles. The molecule has 0 bridgehead atoms. The lowest BCUT2D eigenvalue weighted by molar-refractivity contribution is 0.0970. The molecule has 1 aromatic heterocycles. The predicted molar refractivity (Wildman–Crippen MR) is 82.0 cm³/mol. The Labute approximate surface area is 128 Å². The molecule has 22 heavy (non-hydrogen) atoms. The van der Waals surface area contributed by atoms with E-state index in [-0.39, 0.29) is 29.5 Å². The standard InChI is InChI=1S/C17H18FNO3/c1-3-9-22-16-5-4-8-19(17(16)21)11-15(20)13-6-7-14(18)12(2)10-13/h4-8,10H,3,9,11H2,1-2H3. The maximum Gasteiger partial charge on any atom is 0.293 e. The van der Waals surface area contributed by atoms with E-state index in [0.717, 1.165) is 6.42 Å². The van der Waals surface area contributed by atoms with Gasteiger partial charge in [0.05, 0.1) is 13.2 Å². The number of carbonyl (C=O) groups excluding carboxylic acids is 1. The summed E-state index contributed by atoms with van der Waals surface area (Å²) in [7, 11) is 0. The van der Waals surface area contributed by atoms with Crippen LogP contribution in [0.15, 0.2) is 41.3 Å². The van der Waals surface area contributed by atoms with Crippen molar-refractivity contribution in [3.05, 3.63) is 63.8 Å². The number of hydrogen-bond acceptors (Lipinski definition) is 3. The molecule has 0 aliphatic carbocycles. The summed E-state index contributed by atoms with van der Waals surface area (Å²) in [6, 6.07) is 7.41. The molecule has 0 spiro atoms. The van der Waals surface area contributed by atoms with Crippen LogP contribution in [0.25, 0.3) is 0 Å². The Morgan fingerprint density at radius 1 is 1.32 bits per heavy atom. The fourth-order valence-electron chi connectivity index (χ4n) is 2.03. The smallest absolute Gasteiger partial charge is 0.293 e. The summed E-state index contributed by atoms with van der Waals surface area (Å²) in [5.74, 6) is -0.381. The number of pyridine rings is 1. The molecule has 116 valence electrons. The Morgan fingerprint density at radius 3 is 2.77 bits per heavy atom. The third-order valence-electron chi connectivity index (χ3n) is 3.24. The molecule has 0 saturated heterocycles. The van der Waals surface area contributed by atoms with Gasteiger partial charge in [-0.3, -0.25) is 9.59 Å². The second-order valence-electron chi connectivity index (χ2n) is 5.04. The minimum atomic E-state index is -0.358. The van der Waals surface area contributed by atoms with E-state index in [0.29, 0.717) is 17.7 Å². The second-order valence-corrected chi connectivity index (χ2v) is 5.04. The molecule has 1 heterocycles. The van der Waals surface area contributed by atoms with Crippen LogP contribution >= 0.6 is 0 Å². The van der Waals surface area contributed by atoms with E-state index < -0.39 is 0 Å². The number of carbonyl (C=O) groups is 1. The molecule has 0 radical (unpaired) electrons. The van der Waals surface area contributed by atoms with Crippen LogP contribution in [-0.2, 0) is 6.54 Å². The fourth-order valence-corrected chi connectivity index (χ4v) is 2.03. The van der Waals surface area contributed by atoms with Gasteiger partial charge in [-0.15, -0.1) is 0 Å². The summed E-state index contributed by atoms with van der Waals surface area (Å²) in [5, 5.41) is 0. The van der Waals surface area contributed by atoms with Gasteiger partial charge in [0, 0.05) is 11.8 Å². The first-order valence-electron chi connectivity index (χ1n) is 7.14. The normalized spacial score (nSPS) is 10.5. The van der Waals surface area contributed by atoms with E-state index in [1.54, 1.807) is 19.1 Å². The number of nitrogens with zero attached hydrogens (tertiary/aromatic N) is 1. The highest BCUT2D eigenvalue weighted by atomic mass is 19.1. The van der Waals surface area contributed by atoms with Gasteiger partial charge < -0.3 is 9.30 Å². The molecule has 0 aliphatic rings. The molecule has 0 aliphatic heterocycles. The number of halogens is 1. The van der Waals surface area contributed by atoms with Crippen molar-refractivity contribution in [2.75, 3.05) is 6.61 Å². The first-order valence-corrected chi connectivity index (χ1v) is 7.14. The monoisotopic (exact) mass is 303 g/mol. The Kier molecular flexibility index (Phi) is 5.09.